The fraction of sp³-hybridized carbons (Fsp3) is 0.391. The van der Waals surface area contributed by atoms with Crippen LogP contribution < -0.4 is 9.62 Å². The van der Waals surface area contributed by atoms with Crippen molar-refractivity contribution in [3.8, 4) is 0 Å². The van der Waals surface area contributed by atoms with Gasteiger partial charge in [-0.1, -0.05) is 31.2 Å². The zero-order valence-corrected chi connectivity index (χ0v) is 19.7. The van der Waals surface area contributed by atoms with Crippen molar-refractivity contribution in [1.82, 2.24) is 10.2 Å². The molecule has 1 N–H and O–H groups in total. The summed E-state index contributed by atoms with van der Waals surface area (Å²) in [7, 11) is -3.84. The molecule has 0 fully saturated rings. The van der Waals surface area contributed by atoms with E-state index in [1.54, 1.807) is 13.8 Å². The highest BCUT2D eigenvalue weighted by Crippen LogP contribution is 2.20. The van der Waals surface area contributed by atoms with Gasteiger partial charge in [0.25, 0.3) is 0 Å². The fourth-order valence-corrected chi connectivity index (χ4v) is 4.25. The first kappa shape index (κ1) is 25.3. The van der Waals surface area contributed by atoms with Crippen molar-refractivity contribution in [2.24, 2.45) is 0 Å². The van der Waals surface area contributed by atoms with E-state index >= 15 is 0 Å². The third-order valence-corrected chi connectivity index (χ3v) is 6.27. The smallest absolute Gasteiger partial charge is 0.244 e. The largest absolute Gasteiger partial charge is 0.355 e. The first-order valence-electron chi connectivity index (χ1n) is 10.4. The zero-order valence-electron chi connectivity index (χ0n) is 18.8. The van der Waals surface area contributed by atoms with Gasteiger partial charge in [0.2, 0.25) is 21.8 Å². The predicted octanol–water partition coefficient (Wildman–Crippen LogP) is 2.84. The minimum absolute atomic E-state index is 0.155. The van der Waals surface area contributed by atoms with Crippen molar-refractivity contribution in [3.05, 3.63) is 65.5 Å². The van der Waals surface area contributed by atoms with Gasteiger partial charge in [0.1, 0.15) is 18.4 Å². The number of hydrogen-bond acceptors (Lipinski definition) is 4. The van der Waals surface area contributed by atoms with Crippen molar-refractivity contribution in [1.29, 1.82) is 0 Å². The third-order valence-electron chi connectivity index (χ3n) is 5.13. The zero-order chi connectivity index (χ0) is 23.9. The monoisotopic (exact) mass is 463 g/mol. The molecule has 0 saturated carbocycles. The third kappa shape index (κ3) is 6.53. The number of amides is 2. The van der Waals surface area contributed by atoms with E-state index in [1.165, 1.54) is 17.0 Å². The van der Waals surface area contributed by atoms with E-state index in [0.29, 0.717) is 13.0 Å². The highest BCUT2D eigenvalue weighted by Gasteiger charge is 2.31. The van der Waals surface area contributed by atoms with E-state index in [9.17, 15) is 22.4 Å². The van der Waals surface area contributed by atoms with Gasteiger partial charge in [-0.25, -0.2) is 12.8 Å². The number of nitrogens with one attached hydrogen (secondary N) is 1. The molecule has 174 valence electrons. The van der Waals surface area contributed by atoms with Crippen LogP contribution in [0.3, 0.4) is 0 Å². The first-order valence-corrected chi connectivity index (χ1v) is 12.3. The Morgan fingerprint density at radius 1 is 1.06 bits per heavy atom. The summed E-state index contributed by atoms with van der Waals surface area (Å²) in [6.07, 6.45) is 1.34. The lowest BCUT2D eigenvalue weighted by Gasteiger charge is -2.33. The molecule has 2 aromatic carbocycles. The molecule has 2 amide bonds. The second-order valence-corrected chi connectivity index (χ2v) is 9.42. The number of halogens is 1. The van der Waals surface area contributed by atoms with Gasteiger partial charge in [-0.05, 0) is 55.7 Å². The maximum Gasteiger partial charge on any atom is 0.244 e. The van der Waals surface area contributed by atoms with Gasteiger partial charge < -0.3 is 10.2 Å². The van der Waals surface area contributed by atoms with Crippen LogP contribution >= 0.6 is 0 Å². The van der Waals surface area contributed by atoms with Gasteiger partial charge in [-0.3, -0.25) is 13.9 Å². The number of sulfonamides is 1. The van der Waals surface area contributed by atoms with E-state index in [2.05, 4.69) is 5.32 Å². The molecule has 0 aliphatic rings. The molecule has 0 aliphatic heterocycles. The lowest BCUT2D eigenvalue weighted by atomic mass is 10.1. The van der Waals surface area contributed by atoms with Crippen LogP contribution in [0, 0.1) is 12.7 Å². The maximum atomic E-state index is 13.4. The summed E-state index contributed by atoms with van der Waals surface area (Å²) in [6, 6.07) is 11.6. The molecule has 7 nitrogen and oxygen atoms in total. The average molecular weight is 464 g/mol. The van der Waals surface area contributed by atoms with Crippen LogP contribution in [0.2, 0.25) is 0 Å². The molecular formula is C23H30FN3O4S. The van der Waals surface area contributed by atoms with Crippen molar-refractivity contribution in [3.63, 3.8) is 0 Å². The molecule has 0 bridgehead atoms. The van der Waals surface area contributed by atoms with Crippen LogP contribution in [0.1, 0.15) is 31.4 Å². The van der Waals surface area contributed by atoms with Crippen LogP contribution in [-0.4, -0.2) is 50.5 Å². The van der Waals surface area contributed by atoms with Gasteiger partial charge in [0, 0.05) is 13.1 Å². The summed E-state index contributed by atoms with van der Waals surface area (Å²) in [5.74, 6) is -1.34. The number of carbonyl (C=O) groups is 2. The topological polar surface area (TPSA) is 86.8 Å². The second-order valence-electron chi connectivity index (χ2n) is 7.51. The summed E-state index contributed by atoms with van der Waals surface area (Å²) >= 11 is 0. The Bertz CT molecular complexity index is 1040. The molecule has 2 aromatic rings. The summed E-state index contributed by atoms with van der Waals surface area (Å²) in [5.41, 5.74) is 1.98. The van der Waals surface area contributed by atoms with Gasteiger partial charge >= 0.3 is 0 Å². The first-order chi connectivity index (χ1) is 15.1. The number of aryl methyl sites for hydroxylation is 1. The summed E-state index contributed by atoms with van der Waals surface area (Å²) in [5, 5.41) is 2.75. The summed E-state index contributed by atoms with van der Waals surface area (Å²) in [6.45, 7) is 5.55. The maximum absolute atomic E-state index is 13.4. The van der Waals surface area contributed by atoms with Crippen molar-refractivity contribution >= 4 is 27.5 Å². The number of rotatable bonds is 10. The molecule has 0 spiro atoms. The molecule has 0 aromatic heterocycles. The molecule has 1 atom stereocenters. The summed E-state index contributed by atoms with van der Waals surface area (Å²) < 4.78 is 39.2. The molecule has 0 radical (unpaired) electrons. The van der Waals surface area contributed by atoms with Crippen LogP contribution in [0.15, 0.2) is 48.5 Å². The molecular weight excluding hydrogens is 433 g/mol. The fourth-order valence-electron chi connectivity index (χ4n) is 3.40. The van der Waals surface area contributed by atoms with E-state index < -0.39 is 34.3 Å². The Morgan fingerprint density at radius 3 is 2.22 bits per heavy atom. The number of benzene rings is 2. The standard InChI is InChI=1S/C23H30FN3O4S/c1-5-21(23(29)25-6-2)26(15-18-10-8-7-9-17(18)3)22(28)16-27(32(4,30)31)20-13-11-19(24)12-14-20/h7-14,21H,5-6,15-16H2,1-4H3,(H,25,29). The highest BCUT2D eigenvalue weighted by molar-refractivity contribution is 7.92. The van der Waals surface area contributed by atoms with Crippen molar-refractivity contribution < 1.29 is 22.4 Å². The lowest BCUT2D eigenvalue weighted by molar-refractivity contribution is -0.140. The van der Waals surface area contributed by atoms with E-state index in [4.69, 9.17) is 0 Å². The molecule has 0 aliphatic carbocycles. The van der Waals surface area contributed by atoms with Crippen molar-refractivity contribution in [2.75, 3.05) is 23.7 Å². The minimum atomic E-state index is -3.84. The Kier molecular flexibility index (Phi) is 8.77. The molecule has 32 heavy (non-hydrogen) atoms. The van der Waals surface area contributed by atoms with Gasteiger partial charge in [0.15, 0.2) is 0 Å². The Balaban J connectivity index is 2.43. The Morgan fingerprint density at radius 2 is 1.69 bits per heavy atom. The number of nitrogens with zero attached hydrogens (tertiary/aromatic N) is 2. The molecule has 0 heterocycles. The van der Waals surface area contributed by atoms with E-state index in [0.717, 1.165) is 33.8 Å². The SMILES string of the molecule is CCNC(=O)C(CC)N(Cc1ccccc1C)C(=O)CN(c1ccc(F)cc1)S(C)(=O)=O. The molecule has 9 heteroatoms. The highest BCUT2D eigenvalue weighted by atomic mass is 32.2. The van der Waals surface area contributed by atoms with Crippen LogP contribution in [0.5, 0.6) is 0 Å². The Labute approximate surface area is 189 Å². The van der Waals surface area contributed by atoms with Crippen LogP contribution in [-0.2, 0) is 26.2 Å². The number of hydrogen-bond donors (Lipinski definition) is 1. The lowest BCUT2D eigenvalue weighted by Crippen LogP contribution is -2.52. The quantitative estimate of drug-likeness (QED) is 0.587. The van der Waals surface area contributed by atoms with Crippen LogP contribution in [0.4, 0.5) is 10.1 Å². The Hall–Kier alpha value is -2.94. The van der Waals surface area contributed by atoms with Gasteiger partial charge in [0.05, 0.1) is 11.9 Å². The average Bonchev–Trinajstić information content (AvgIpc) is 2.73. The van der Waals surface area contributed by atoms with E-state index in [1.807, 2.05) is 31.2 Å². The van der Waals surface area contributed by atoms with E-state index in [-0.39, 0.29) is 18.1 Å². The number of anilines is 1. The normalized spacial score (nSPS) is 12.2. The minimum Gasteiger partial charge on any atom is -0.355 e. The predicted molar refractivity (Wildman–Crippen MR) is 123 cm³/mol. The molecule has 2 rings (SSSR count). The number of carbonyl (C=O) groups excluding carboxylic acids is 2. The molecule has 1 unspecified atom stereocenters. The second kappa shape index (κ2) is 11.1. The summed E-state index contributed by atoms with van der Waals surface area (Å²) in [4.78, 5) is 27.5. The van der Waals surface area contributed by atoms with Crippen molar-refractivity contribution in [2.45, 2.75) is 39.8 Å². The van der Waals surface area contributed by atoms with Gasteiger partial charge in [-0.2, -0.15) is 0 Å². The molecule has 0 saturated heterocycles. The van der Waals surface area contributed by atoms with Crippen LogP contribution in [0.25, 0.3) is 0 Å². The number of likely N-dealkylation sites (N-methyl/N-ethyl adjacent to an activating group) is 1. The van der Waals surface area contributed by atoms with Gasteiger partial charge in [-0.15, -0.1) is 0 Å².